The molecule has 3 rings (SSSR count). The lowest BCUT2D eigenvalue weighted by molar-refractivity contribution is -0.896. The first-order valence-corrected chi connectivity index (χ1v) is 8.62. The number of amides is 1. The molecule has 0 radical (unpaired) electrons. The van der Waals surface area contributed by atoms with E-state index in [0.717, 1.165) is 17.2 Å². The molecule has 0 saturated carbocycles. The van der Waals surface area contributed by atoms with Crippen LogP contribution in [0.4, 0.5) is 5.69 Å². The third-order valence-corrected chi connectivity index (χ3v) is 5.46. The van der Waals surface area contributed by atoms with Gasteiger partial charge in [0.2, 0.25) is 0 Å². The molecule has 23 heavy (non-hydrogen) atoms. The van der Waals surface area contributed by atoms with Gasteiger partial charge in [0.05, 0.1) is 24.9 Å². The Morgan fingerprint density at radius 2 is 2.26 bits per heavy atom. The summed E-state index contributed by atoms with van der Waals surface area (Å²) in [5.41, 5.74) is 0.933. The van der Waals surface area contributed by atoms with Gasteiger partial charge in [-0.15, -0.1) is 11.8 Å². The second kappa shape index (κ2) is 6.51. The minimum Gasteiger partial charge on any atom is -0.468 e. The van der Waals surface area contributed by atoms with Crippen LogP contribution in [-0.2, 0) is 14.3 Å². The standard InChI is InChI=1S/C15H15ClN2O4S/c1-22-15(21)12-7-17(4-5-23-12)8-18-11-3-2-9(16)6-10(11)13(19)14(18)20/h2-3,6,12H,4-5,7-8H2,1H3/p+1/t12-/m1/s1. The molecule has 2 heterocycles. The van der Waals surface area contributed by atoms with Crippen molar-refractivity contribution < 1.29 is 24.0 Å². The third kappa shape index (κ3) is 3.08. The number of benzene rings is 1. The Labute approximate surface area is 142 Å². The molecular weight excluding hydrogens is 340 g/mol. The highest BCUT2D eigenvalue weighted by atomic mass is 35.5. The molecule has 1 N–H and O–H groups in total. The summed E-state index contributed by atoms with van der Waals surface area (Å²) in [5.74, 6) is -0.512. The van der Waals surface area contributed by atoms with E-state index in [4.69, 9.17) is 16.3 Å². The number of Topliss-reactive ketones (excluding diaryl/α,β-unsaturated/α-hetero) is 1. The molecule has 6 nitrogen and oxygen atoms in total. The predicted molar refractivity (Wildman–Crippen MR) is 87.1 cm³/mol. The minimum absolute atomic E-state index is 0.234. The topological polar surface area (TPSA) is 68.1 Å². The number of methoxy groups -OCH3 is 1. The van der Waals surface area contributed by atoms with Gasteiger partial charge >= 0.3 is 11.9 Å². The molecule has 1 aromatic rings. The van der Waals surface area contributed by atoms with Gasteiger partial charge in [0.15, 0.2) is 11.9 Å². The molecule has 1 aromatic carbocycles. The predicted octanol–water partition coefficient (Wildman–Crippen LogP) is 0.000100. The molecule has 0 aliphatic carbocycles. The molecule has 8 heteroatoms. The van der Waals surface area contributed by atoms with E-state index < -0.39 is 11.7 Å². The van der Waals surface area contributed by atoms with Crippen molar-refractivity contribution in [2.75, 3.05) is 37.5 Å². The molecule has 122 valence electrons. The van der Waals surface area contributed by atoms with E-state index in [2.05, 4.69) is 0 Å². The molecule has 2 atom stereocenters. The van der Waals surface area contributed by atoms with Gasteiger partial charge in [-0.2, -0.15) is 0 Å². The Morgan fingerprint density at radius 3 is 3.00 bits per heavy atom. The van der Waals surface area contributed by atoms with Gasteiger partial charge in [0.1, 0.15) is 6.54 Å². The van der Waals surface area contributed by atoms with Crippen LogP contribution in [0.1, 0.15) is 10.4 Å². The number of halogens is 1. The molecular formula is C15H16ClN2O4S+. The number of ketones is 1. The molecule has 0 aromatic heterocycles. The van der Waals surface area contributed by atoms with Crippen molar-refractivity contribution in [3.05, 3.63) is 28.8 Å². The molecule has 2 aliphatic rings. The zero-order chi connectivity index (χ0) is 16.6. The quantitative estimate of drug-likeness (QED) is 0.610. The van der Waals surface area contributed by atoms with Gasteiger partial charge in [0, 0.05) is 10.8 Å². The highest BCUT2D eigenvalue weighted by molar-refractivity contribution is 8.00. The van der Waals surface area contributed by atoms with Crippen molar-refractivity contribution in [3.8, 4) is 0 Å². The number of nitrogens with one attached hydrogen (secondary N) is 1. The van der Waals surface area contributed by atoms with Gasteiger partial charge in [-0.1, -0.05) is 11.6 Å². The normalized spacial score (nSPS) is 23.8. The van der Waals surface area contributed by atoms with E-state index in [1.165, 1.54) is 18.1 Å². The van der Waals surface area contributed by atoms with Gasteiger partial charge in [-0.25, -0.2) is 0 Å². The first-order chi connectivity index (χ1) is 11.0. The molecule has 1 amide bonds. The Kier molecular flexibility index (Phi) is 4.61. The van der Waals surface area contributed by atoms with E-state index in [-0.39, 0.29) is 11.2 Å². The number of carbonyl (C=O) groups excluding carboxylic acids is 3. The average molecular weight is 356 g/mol. The van der Waals surface area contributed by atoms with Gasteiger partial charge in [-0.05, 0) is 18.2 Å². The van der Waals surface area contributed by atoms with E-state index >= 15 is 0 Å². The fraction of sp³-hybridized carbons (Fsp3) is 0.400. The van der Waals surface area contributed by atoms with E-state index in [1.807, 2.05) is 0 Å². The van der Waals surface area contributed by atoms with Gasteiger partial charge in [-0.3, -0.25) is 19.3 Å². The van der Waals surface area contributed by atoms with Crippen LogP contribution in [0.3, 0.4) is 0 Å². The minimum atomic E-state index is -0.539. The highest BCUT2D eigenvalue weighted by Crippen LogP contribution is 2.30. The average Bonchev–Trinajstić information content (AvgIpc) is 2.79. The van der Waals surface area contributed by atoms with Crippen molar-refractivity contribution in [1.82, 2.24) is 0 Å². The maximum absolute atomic E-state index is 12.2. The molecule has 2 aliphatic heterocycles. The summed E-state index contributed by atoms with van der Waals surface area (Å²) in [6.07, 6.45) is 0. The molecule has 1 saturated heterocycles. The molecule has 1 fully saturated rings. The number of fused-ring (bicyclic) bond motifs is 1. The highest BCUT2D eigenvalue weighted by Gasteiger charge is 2.39. The maximum Gasteiger partial charge on any atom is 0.324 e. The number of carbonyl (C=O) groups is 3. The Hall–Kier alpha value is -1.57. The molecule has 0 bridgehead atoms. The zero-order valence-electron chi connectivity index (χ0n) is 12.5. The fourth-order valence-corrected chi connectivity index (χ4v) is 4.30. The van der Waals surface area contributed by atoms with Crippen LogP contribution in [0.15, 0.2) is 18.2 Å². The van der Waals surface area contributed by atoms with E-state index in [9.17, 15) is 14.4 Å². The fourth-order valence-electron chi connectivity index (χ4n) is 2.85. The second-order valence-corrected chi connectivity index (χ2v) is 7.22. The SMILES string of the molecule is COC(=O)[C@H]1C[NH+](CN2C(=O)C(=O)c3cc(Cl)ccc32)CCS1. The van der Waals surface area contributed by atoms with Crippen molar-refractivity contribution in [2.24, 2.45) is 0 Å². The van der Waals surface area contributed by atoms with Crippen molar-refractivity contribution >= 4 is 46.7 Å². The van der Waals surface area contributed by atoms with E-state index in [1.54, 1.807) is 23.9 Å². The van der Waals surface area contributed by atoms with Crippen LogP contribution in [0.2, 0.25) is 5.02 Å². The summed E-state index contributed by atoms with van der Waals surface area (Å²) in [6.45, 7) is 1.74. The third-order valence-electron chi connectivity index (χ3n) is 4.03. The first-order valence-electron chi connectivity index (χ1n) is 7.20. The lowest BCUT2D eigenvalue weighted by Crippen LogP contribution is -3.16. The number of rotatable bonds is 3. The zero-order valence-corrected chi connectivity index (χ0v) is 14.1. The van der Waals surface area contributed by atoms with E-state index in [0.29, 0.717) is 29.5 Å². The number of nitrogens with zero attached hydrogens (tertiary/aromatic N) is 1. The second-order valence-electron chi connectivity index (χ2n) is 5.47. The monoisotopic (exact) mass is 355 g/mol. The Balaban J connectivity index is 1.77. The number of hydrogen-bond acceptors (Lipinski definition) is 5. The number of esters is 1. The smallest absolute Gasteiger partial charge is 0.324 e. The summed E-state index contributed by atoms with van der Waals surface area (Å²) in [4.78, 5) is 38.6. The van der Waals surface area contributed by atoms with Crippen LogP contribution >= 0.6 is 23.4 Å². The summed E-state index contributed by atoms with van der Waals surface area (Å²) in [7, 11) is 1.37. The van der Waals surface area contributed by atoms with Crippen LogP contribution < -0.4 is 9.80 Å². The Bertz CT molecular complexity index is 681. The van der Waals surface area contributed by atoms with Crippen molar-refractivity contribution in [2.45, 2.75) is 5.25 Å². The number of anilines is 1. The Morgan fingerprint density at radius 1 is 1.48 bits per heavy atom. The summed E-state index contributed by atoms with van der Waals surface area (Å²) >= 11 is 7.47. The summed E-state index contributed by atoms with van der Waals surface area (Å²) < 4.78 is 4.79. The van der Waals surface area contributed by atoms with Gasteiger partial charge < -0.3 is 9.64 Å². The van der Waals surface area contributed by atoms with Crippen LogP contribution in [-0.4, -0.2) is 55.5 Å². The van der Waals surface area contributed by atoms with Crippen LogP contribution in [0, 0.1) is 0 Å². The summed E-state index contributed by atoms with van der Waals surface area (Å²) in [6, 6.07) is 4.88. The first kappa shape index (κ1) is 16.3. The number of hydrogen-bond donors (Lipinski definition) is 1. The maximum atomic E-state index is 12.2. The lowest BCUT2D eigenvalue weighted by Gasteiger charge is -2.30. The van der Waals surface area contributed by atoms with Crippen LogP contribution in [0.25, 0.3) is 0 Å². The summed E-state index contributed by atoms with van der Waals surface area (Å²) in [5, 5.41) is 0.195. The number of quaternary nitrogens is 1. The van der Waals surface area contributed by atoms with Crippen molar-refractivity contribution in [1.29, 1.82) is 0 Å². The lowest BCUT2D eigenvalue weighted by atomic mass is 10.1. The molecule has 0 spiro atoms. The largest absolute Gasteiger partial charge is 0.468 e. The molecule has 1 unspecified atom stereocenters. The number of thioether (sulfide) groups is 1. The van der Waals surface area contributed by atoms with Crippen LogP contribution in [0.5, 0.6) is 0 Å². The number of ether oxygens (including phenoxy) is 1. The van der Waals surface area contributed by atoms with Gasteiger partial charge in [0.25, 0.3) is 5.78 Å². The van der Waals surface area contributed by atoms with Crippen molar-refractivity contribution in [3.63, 3.8) is 0 Å².